The van der Waals surface area contributed by atoms with Gasteiger partial charge in [0.1, 0.15) is 6.54 Å². The van der Waals surface area contributed by atoms with Gasteiger partial charge in [0, 0.05) is 16.8 Å². The summed E-state index contributed by atoms with van der Waals surface area (Å²) in [5.41, 5.74) is 2.04. The molecular weight excluding hydrogens is 290 g/mol. The van der Waals surface area contributed by atoms with Crippen LogP contribution in [0.3, 0.4) is 0 Å². The molecule has 3 aromatic rings. The number of hydrogen-bond donors (Lipinski definition) is 0. The summed E-state index contributed by atoms with van der Waals surface area (Å²) in [5, 5.41) is 3.17. The van der Waals surface area contributed by atoms with Crippen LogP contribution >= 0.6 is 11.6 Å². The Morgan fingerprint density at radius 3 is 2.50 bits per heavy atom. The average Bonchev–Trinajstić information content (AvgIpc) is 2.56. The van der Waals surface area contributed by atoms with E-state index in [4.69, 9.17) is 11.6 Å². The van der Waals surface area contributed by atoms with Crippen molar-refractivity contribution in [3.63, 3.8) is 0 Å². The second-order valence-corrected chi connectivity index (χ2v) is 5.32. The van der Waals surface area contributed by atoms with E-state index in [1.165, 1.54) is 10.8 Å². The maximum Gasteiger partial charge on any atom is 0.100 e. The van der Waals surface area contributed by atoms with E-state index in [1.54, 1.807) is 0 Å². The lowest BCUT2D eigenvalue weighted by Gasteiger charge is -1.97. The fraction of sp³-hybridized carbons (Fsp3) is 0.0500. The summed E-state index contributed by atoms with van der Waals surface area (Å²) in [5.74, 6) is 6.22. The SMILES string of the molecule is Clc1ccc(/C=N/CC#Cc2ccc3ccccc3c2)cc1. The average molecular weight is 304 g/mol. The Morgan fingerprint density at radius 2 is 1.68 bits per heavy atom. The molecule has 22 heavy (non-hydrogen) atoms. The number of fused-ring (bicyclic) bond motifs is 1. The highest BCUT2D eigenvalue weighted by molar-refractivity contribution is 6.30. The van der Waals surface area contributed by atoms with Crippen LogP contribution in [0.5, 0.6) is 0 Å². The Kier molecular flexibility index (Phi) is 4.53. The second-order valence-electron chi connectivity index (χ2n) is 4.89. The van der Waals surface area contributed by atoms with Gasteiger partial charge in [-0.15, -0.1) is 0 Å². The first-order valence-electron chi connectivity index (χ1n) is 7.04. The van der Waals surface area contributed by atoms with Crippen LogP contribution in [0.25, 0.3) is 10.8 Å². The van der Waals surface area contributed by atoms with E-state index in [0.717, 1.165) is 16.1 Å². The van der Waals surface area contributed by atoms with E-state index >= 15 is 0 Å². The van der Waals surface area contributed by atoms with Gasteiger partial charge in [-0.2, -0.15) is 0 Å². The summed E-state index contributed by atoms with van der Waals surface area (Å²) in [4.78, 5) is 4.31. The van der Waals surface area contributed by atoms with E-state index in [2.05, 4.69) is 41.1 Å². The highest BCUT2D eigenvalue weighted by atomic mass is 35.5. The lowest BCUT2D eigenvalue weighted by molar-refractivity contribution is 1.30. The zero-order valence-electron chi connectivity index (χ0n) is 12.0. The van der Waals surface area contributed by atoms with Gasteiger partial charge in [0.2, 0.25) is 0 Å². The molecule has 0 aliphatic heterocycles. The minimum absolute atomic E-state index is 0.482. The fourth-order valence-corrected chi connectivity index (χ4v) is 2.28. The summed E-state index contributed by atoms with van der Waals surface area (Å²) in [6.45, 7) is 0.482. The van der Waals surface area contributed by atoms with Gasteiger partial charge in [-0.25, -0.2) is 0 Å². The normalized spacial score (nSPS) is 10.6. The molecule has 0 aromatic heterocycles. The lowest BCUT2D eigenvalue weighted by atomic mass is 10.1. The molecule has 0 fully saturated rings. The van der Waals surface area contributed by atoms with E-state index in [0.29, 0.717) is 6.54 Å². The molecule has 3 aromatic carbocycles. The first kappa shape index (κ1) is 14.4. The Balaban J connectivity index is 1.65. The smallest absolute Gasteiger partial charge is 0.100 e. The number of nitrogens with zero attached hydrogens (tertiary/aromatic N) is 1. The first-order chi connectivity index (χ1) is 10.8. The van der Waals surface area contributed by atoms with Gasteiger partial charge >= 0.3 is 0 Å². The minimum atomic E-state index is 0.482. The predicted octanol–water partition coefficient (Wildman–Crippen LogP) is 4.96. The van der Waals surface area contributed by atoms with Crippen molar-refractivity contribution in [2.75, 3.05) is 6.54 Å². The summed E-state index contributed by atoms with van der Waals surface area (Å²) in [6, 6.07) is 22.1. The molecule has 1 nitrogen and oxygen atoms in total. The summed E-state index contributed by atoms with van der Waals surface area (Å²) < 4.78 is 0. The standard InChI is InChI=1S/C20H14ClN/c21-20-11-8-17(9-12-20)15-22-13-3-4-16-7-10-18-5-1-2-6-19(18)14-16/h1-2,5-12,14-15H,13H2/b22-15+. The first-order valence-corrected chi connectivity index (χ1v) is 7.42. The molecule has 2 heteroatoms. The fourth-order valence-electron chi connectivity index (χ4n) is 2.15. The summed E-state index contributed by atoms with van der Waals surface area (Å²) >= 11 is 5.84. The monoisotopic (exact) mass is 303 g/mol. The minimum Gasteiger partial charge on any atom is -0.280 e. The molecule has 0 saturated carbocycles. The van der Waals surface area contributed by atoms with Crippen LogP contribution in [-0.2, 0) is 0 Å². The van der Waals surface area contributed by atoms with Crippen LogP contribution in [0.4, 0.5) is 0 Å². The number of aliphatic imine (C=N–C) groups is 1. The molecule has 0 aliphatic rings. The van der Waals surface area contributed by atoms with Crippen molar-refractivity contribution in [1.82, 2.24) is 0 Å². The van der Waals surface area contributed by atoms with Gasteiger partial charge in [-0.3, -0.25) is 4.99 Å². The highest BCUT2D eigenvalue weighted by Crippen LogP contribution is 2.14. The van der Waals surface area contributed by atoms with Crippen molar-refractivity contribution < 1.29 is 0 Å². The van der Waals surface area contributed by atoms with E-state index in [-0.39, 0.29) is 0 Å². The van der Waals surface area contributed by atoms with Crippen LogP contribution in [-0.4, -0.2) is 12.8 Å². The van der Waals surface area contributed by atoms with E-state index < -0.39 is 0 Å². The van der Waals surface area contributed by atoms with E-state index in [9.17, 15) is 0 Å². The largest absolute Gasteiger partial charge is 0.280 e. The van der Waals surface area contributed by atoms with Gasteiger partial charge in [-0.1, -0.05) is 65.9 Å². The summed E-state index contributed by atoms with van der Waals surface area (Å²) in [7, 11) is 0. The molecule has 0 N–H and O–H groups in total. The molecule has 0 saturated heterocycles. The van der Waals surface area contributed by atoms with E-state index in [1.807, 2.05) is 48.7 Å². The Hall–Kier alpha value is -2.56. The lowest BCUT2D eigenvalue weighted by Crippen LogP contribution is -1.82. The number of rotatable bonds is 2. The molecule has 0 radical (unpaired) electrons. The van der Waals surface area contributed by atoms with Crippen LogP contribution in [0.2, 0.25) is 5.02 Å². The molecule has 0 bridgehead atoms. The molecule has 0 spiro atoms. The maximum absolute atomic E-state index is 5.84. The van der Waals surface area contributed by atoms with Crippen molar-refractivity contribution in [3.05, 3.63) is 82.9 Å². The molecule has 0 unspecified atom stereocenters. The molecule has 3 rings (SSSR count). The molecule has 0 amide bonds. The van der Waals surface area contributed by atoms with Gasteiger partial charge in [-0.05, 0) is 40.6 Å². The van der Waals surface area contributed by atoms with Gasteiger partial charge < -0.3 is 0 Å². The van der Waals surface area contributed by atoms with Gasteiger partial charge in [0.15, 0.2) is 0 Å². The quantitative estimate of drug-likeness (QED) is 0.468. The number of hydrogen-bond acceptors (Lipinski definition) is 1. The summed E-state index contributed by atoms with van der Waals surface area (Å²) in [6.07, 6.45) is 1.81. The Bertz CT molecular complexity index is 867. The van der Waals surface area contributed by atoms with Crippen molar-refractivity contribution >= 4 is 28.6 Å². The van der Waals surface area contributed by atoms with Gasteiger partial charge in [0.25, 0.3) is 0 Å². The predicted molar refractivity (Wildman–Crippen MR) is 94.7 cm³/mol. The van der Waals surface area contributed by atoms with Crippen molar-refractivity contribution in [1.29, 1.82) is 0 Å². The highest BCUT2D eigenvalue weighted by Gasteiger charge is 1.92. The zero-order valence-corrected chi connectivity index (χ0v) is 12.7. The molecule has 0 aliphatic carbocycles. The van der Waals surface area contributed by atoms with Crippen LogP contribution < -0.4 is 0 Å². The molecule has 0 atom stereocenters. The third kappa shape index (κ3) is 3.75. The van der Waals surface area contributed by atoms with Crippen LogP contribution in [0.1, 0.15) is 11.1 Å². The second kappa shape index (κ2) is 6.93. The topological polar surface area (TPSA) is 12.4 Å². The van der Waals surface area contributed by atoms with Gasteiger partial charge in [0.05, 0.1) is 0 Å². The van der Waals surface area contributed by atoms with Crippen LogP contribution in [0, 0.1) is 11.8 Å². The number of halogens is 1. The Labute approximate surface area is 135 Å². The maximum atomic E-state index is 5.84. The van der Waals surface area contributed by atoms with Crippen molar-refractivity contribution in [3.8, 4) is 11.8 Å². The molecule has 0 heterocycles. The molecular formula is C20H14ClN. The third-order valence-corrected chi connectivity index (χ3v) is 3.51. The van der Waals surface area contributed by atoms with Crippen LogP contribution in [0.15, 0.2) is 71.7 Å². The Morgan fingerprint density at radius 1 is 0.909 bits per heavy atom. The number of benzene rings is 3. The third-order valence-electron chi connectivity index (χ3n) is 3.26. The zero-order chi connectivity index (χ0) is 15.2. The molecule has 106 valence electrons. The van der Waals surface area contributed by atoms with Crippen molar-refractivity contribution in [2.24, 2.45) is 4.99 Å². The van der Waals surface area contributed by atoms with Crippen molar-refractivity contribution in [2.45, 2.75) is 0 Å².